The molecule has 0 fully saturated rings. The molecule has 0 saturated heterocycles. The zero-order valence-corrected chi connectivity index (χ0v) is 9.79. The molecule has 0 aromatic rings. The van der Waals surface area contributed by atoms with Crippen molar-refractivity contribution in [2.75, 3.05) is 18.3 Å². The van der Waals surface area contributed by atoms with E-state index in [9.17, 15) is 0 Å². The van der Waals surface area contributed by atoms with Crippen LogP contribution in [0.5, 0.6) is 0 Å². The minimum atomic E-state index is -0.310. The molecule has 0 amide bonds. The molecule has 0 radical (unpaired) electrons. The smallest absolute Gasteiger partial charge is 0.0120 e. The molecule has 0 aliphatic carbocycles. The molecule has 0 bridgehead atoms. The zero-order valence-electron chi connectivity index (χ0n) is 8.98. The molecule has 0 N–H and O–H groups in total. The highest BCUT2D eigenvalue weighted by molar-refractivity contribution is 8.33. The van der Waals surface area contributed by atoms with Crippen LogP contribution in [0.1, 0.15) is 34.1 Å². The fraction of sp³-hybridized carbons (Fsp3) is 1.00. The van der Waals surface area contributed by atoms with E-state index in [4.69, 9.17) is 0 Å². The van der Waals surface area contributed by atoms with E-state index in [1.54, 1.807) is 0 Å². The summed E-state index contributed by atoms with van der Waals surface area (Å²) in [5.41, 5.74) is 0. The summed E-state index contributed by atoms with van der Waals surface area (Å²) >= 11 is 0. The Bertz CT molecular complexity index is 107. The van der Waals surface area contributed by atoms with E-state index in [1.165, 1.54) is 12.2 Å². The minimum absolute atomic E-state index is 0.310. The van der Waals surface area contributed by atoms with Crippen molar-refractivity contribution in [1.29, 1.82) is 0 Å². The molecular formula is C10H24S. The molecule has 0 spiro atoms. The van der Waals surface area contributed by atoms with Crippen LogP contribution in [0.25, 0.3) is 0 Å². The maximum absolute atomic E-state index is 2.46. The highest BCUT2D eigenvalue weighted by atomic mass is 32.3. The first-order valence-electron chi connectivity index (χ1n) is 4.65. The molecule has 11 heavy (non-hydrogen) atoms. The maximum Gasteiger partial charge on any atom is -0.0120 e. The van der Waals surface area contributed by atoms with Gasteiger partial charge in [-0.15, -0.1) is 0 Å². The van der Waals surface area contributed by atoms with Gasteiger partial charge in [0, 0.05) is 0 Å². The molecule has 0 aliphatic rings. The van der Waals surface area contributed by atoms with Crippen LogP contribution in [0.2, 0.25) is 0 Å². The van der Waals surface area contributed by atoms with E-state index in [0.717, 1.165) is 11.2 Å². The Morgan fingerprint density at radius 1 is 1.09 bits per heavy atom. The van der Waals surface area contributed by atoms with Crippen LogP contribution in [-0.4, -0.2) is 23.5 Å². The number of rotatable bonds is 4. The summed E-state index contributed by atoms with van der Waals surface area (Å²) in [5, 5.41) is 0.928. The minimum Gasteiger partial charge on any atom is -0.244 e. The van der Waals surface area contributed by atoms with Gasteiger partial charge in [0.1, 0.15) is 0 Å². The Hall–Kier alpha value is 0.350. The summed E-state index contributed by atoms with van der Waals surface area (Å²) in [5.74, 6) is 2.28. The molecule has 0 nitrogen and oxygen atoms in total. The van der Waals surface area contributed by atoms with Gasteiger partial charge in [0.2, 0.25) is 0 Å². The third kappa shape index (κ3) is 3.06. The summed E-state index contributed by atoms with van der Waals surface area (Å²) in [6.45, 7) is 9.43. The normalized spacial score (nSPS) is 19.5. The van der Waals surface area contributed by atoms with Crippen LogP contribution < -0.4 is 0 Å². The molecule has 70 valence electrons. The summed E-state index contributed by atoms with van der Waals surface area (Å²) < 4.78 is 0. The second-order valence-electron chi connectivity index (χ2n) is 4.00. The fourth-order valence-electron chi connectivity index (χ4n) is 1.22. The van der Waals surface area contributed by atoms with E-state index in [2.05, 4.69) is 40.2 Å². The SMILES string of the molecule is CCC(C)C(C)S(C)(C)CC. The van der Waals surface area contributed by atoms with Crippen LogP contribution in [-0.2, 0) is 0 Å². The van der Waals surface area contributed by atoms with E-state index in [-0.39, 0.29) is 10.0 Å². The molecule has 0 rings (SSSR count). The van der Waals surface area contributed by atoms with Gasteiger partial charge < -0.3 is 0 Å². The van der Waals surface area contributed by atoms with Crippen molar-refractivity contribution in [1.82, 2.24) is 0 Å². The molecular weight excluding hydrogens is 152 g/mol. The molecule has 1 heteroatoms. The van der Waals surface area contributed by atoms with Crippen LogP contribution in [0, 0.1) is 5.92 Å². The van der Waals surface area contributed by atoms with E-state index in [1.807, 2.05) is 0 Å². The lowest BCUT2D eigenvalue weighted by Crippen LogP contribution is -2.22. The van der Waals surface area contributed by atoms with E-state index >= 15 is 0 Å². The van der Waals surface area contributed by atoms with E-state index in [0.29, 0.717) is 0 Å². The highest BCUT2D eigenvalue weighted by Gasteiger charge is 2.22. The van der Waals surface area contributed by atoms with Crippen LogP contribution in [0.15, 0.2) is 0 Å². The second kappa shape index (κ2) is 4.39. The predicted octanol–water partition coefficient (Wildman–Crippen LogP) is 3.51. The molecule has 0 aromatic carbocycles. The molecule has 2 unspecified atom stereocenters. The largest absolute Gasteiger partial charge is 0.244 e. The van der Waals surface area contributed by atoms with Crippen molar-refractivity contribution in [3.63, 3.8) is 0 Å². The van der Waals surface area contributed by atoms with Crippen LogP contribution in [0.4, 0.5) is 0 Å². The zero-order chi connectivity index (χ0) is 9.07. The topological polar surface area (TPSA) is 0 Å². The van der Waals surface area contributed by atoms with Crippen molar-refractivity contribution in [2.24, 2.45) is 5.92 Å². The maximum atomic E-state index is 2.46. The Labute approximate surface area is 74.1 Å². The Kier molecular flexibility index (Phi) is 4.53. The lowest BCUT2D eigenvalue weighted by molar-refractivity contribution is 0.553. The van der Waals surface area contributed by atoms with Gasteiger partial charge in [-0.05, 0) is 29.4 Å². The molecule has 0 heterocycles. The lowest BCUT2D eigenvalue weighted by Gasteiger charge is -2.40. The summed E-state index contributed by atoms with van der Waals surface area (Å²) in [7, 11) is -0.310. The molecule has 0 saturated carbocycles. The molecule has 0 aromatic heterocycles. The Morgan fingerprint density at radius 3 is 1.82 bits per heavy atom. The first-order chi connectivity index (χ1) is 4.95. The van der Waals surface area contributed by atoms with Crippen molar-refractivity contribution in [3.05, 3.63) is 0 Å². The highest BCUT2D eigenvalue weighted by Crippen LogP contribution is 2.48. The molecule has 2 atom stereocenters. The summed E-state index contributed by atoms with van der Waals surface area (Å²) in [6.07, 6.45) is 6.26. The van der Waals surface area contributed by atoms with Gasteiger partial charge in [-0.25, -0.2) is 10.0 Å². The van der Waals surface area contributed by atoms with Gasteiger partial charge in [-0.2, -0.15) is 0 Å². The first-order valence-corrected chi connectivity index (χ1v) is 7.33. The van der Waals surface area contributed by atoms with Gasteiger partial charge in [-0.1, -0.05) is 34.1 Å². The van der Waals surface area contributed by atoms with Gasteiger partial charge in [0.25, 0.3) is 0 Å². The standard InChI is InChI=1S/C10H24S/c1-7-9(3)10(4)11(5,6)8-2/h9-10H,7-8H2,1-6H3. The third-order valence-corrected chi connectivity index (χ3v) is 7.16. The summed E-state index contributed by atoms with van der Waals surface area (Å²) in [4.78, 5) is 0. The summed E-state index contributed by atoms with van der Waals surface area (Å²) in [6, 6.07) is 0. The van der Waals surface area contributed by atoms with Gasteiger partial charge in [0.15, 0.2) is 0 Å². The Balaban J connectivity index is 4.10. The van der Waals surface area contributed by atoms with Crippen molar-refractivity contribution < 1.29 is 0 Å². The molecule has 0 aliphatic heterocycles. The Morgan fingerprint density at radius 2 is 1.55 bits per heavy atom. The monoisotopic (exact) mass is 176 g/mol. The van der Waals surface area contributed by atoms with E-state index < -0.39 is 0 Å². The first kappa shape index (κ1) is 11.4. The van der Waals surface area contributed by atoms with Crippen molar-refractivity contribution >= 4 is 10.0 Å². The quantitative estimate of drug-likeness (QED) is 0.615. The second-order valence-corrected chi connectivity index (χ2v) is 8.57. The van der Waals surface area contributed by atoms with Crippen molar-refractivity contribution in [3.8, 4) is 0 Å². The number of hydrogen-bond acceptors (Lipinski definition) is 0. The third-order valence-electron chi connectivity index (χ3n) is 3.20. The van der Waals surface area contributed by atoms with Crippen LogP contribution >= 0.6 is 10.0 Å². The number of hydrogen-bond donors (Lipinski definition) is 0. The predicted molar refractivity (Wildman–Crippen MR) is 58.9 cm³/mol. The average molecular weight is 176 g/mol. The fourth-order valence-corrected chi connectivity index (χ4v) is 3.20. The van der Waals surface area contributed by atoms with Crippen molar-refractivity contribution in [2.45, 2.75) is 39.4 Å². The lowest BCUT2D eigenvalue weighted by atomic mass is 10.1. The van der Waals surface area contributed by atoms with Crippen LogP contribution in [0.3, 0.4) is 0 Å². The van der Waals surface area contributed by atoms with Gasteiger partial charge in [0.05, 0.1) is 0 Å². The van der Waals surface area contributed by atoms with Gasteiger partial charge in [-0.3, -0.25) is 0 Å². The van der Waals surface area contributed by atoms with Gasteiger partial charge >= 0.3 is 0 Å². The average Bonchev–Trinajstić information content (AvgIpc) is 2.01.